The molecule has 0 atom stereocenters. The quantitative estimate of drug-likeness (QED) is 0.316. The summed E-state index contributed by atoms with van der Waals surface area (Å²) in [4.78, 5) is 0. The predicted molar refractivity (Wildman–Crippen MR) is 52.0 cm³/mol. The monoisotopic (exact) mass is 178 g/mol. The molecule has 0 aromatic carbocycles. The molecule has 1 aliphatic rings. The van der Waals surface area contributed by atoms with Gasteiger partial charge in [0.05, 0.1) is 0 Å². The van der Waals surface area contributed by atoms with Gasteiger partial charge in [-0.05, 0) is 5.41 Å². The van der Waals surface area contributed by atoms with E-state index in [1.54, 1.807) is 0 Å². The van der Waals surface area contributed by atoms with Crippen molar-refractivity contribution < 1.29 is 0 Å². The van der Waals surface area contributed by atoms with Gasteiger partial charge in [-0.15, -0.1) is 13.2 Å². The summed E-state index contributed by atoms with van der Waals surface area (Å²) < 4.78 is 0. The minimum absolute atomic E-state index is 0. The fourth-order valence-electron chi connectivity index (χ4n) is 0.196. The van der Waals surface area contributed by atoms with Crippen LogP contribution < -0.4 is 0 Å². The zero-order chi connectivity index (χ0) is 5.54. The summed E-state index contributed by atoms with van der Waals surface area (Å²) in [5.74, 6) is 1.20. The zero-order valence-electron chi connectivity index (χ0n) is 6.09. The van der Waals surface area contributed by atoms with E-state index in [1.807, 2.05) is 21.6 Å². The average molecular weight is 178 g/mol. The topological polar surface area (TPSA) is 0 Å². The third-order valence-corrected chi connectivity index (χ3v) is 2.30. The van der Waals surface area contributed by atoms with Gasteiger partial charge in [-0.2, -0.15) is 0 Å². The maximum atomic E-state index is 3.00. The second-order valence-corrected chi connectivity index (χ2v) is 3.07. The minimum Gasteiger partial charge on any atom is -0.106 e. The molecule has 0 fully saturated rings. The van der Waals surface area contributed by atoms with Gasteiger partial charge >= 0.3 is 0 Å². The van der Waals surface area contributed by atoms with Crippen LogP contribution in [0.5, 0.6) is 0 Å². The Kier molecular flexibility index (Phi) is 32.0. The molecule has 1 heterocycles. The van der Waals surface area contributed by atoms with E-state index in [9.17, 15) is 0 Å². The van der Waals surface area contributed by atoms with Crippen molar-refractivity contribution in [1.82, 2.24) is 0 Å². The Hall–Kier alpha value is 2.18. The van der Waals surface area contributed by atoms with Crippen molar-refractivity contribution in [1.29, 1.82) is 0 Å². The Labute approximate surface area is 109 Å². The molecule has 0 spiro atoms. The molecular weight excluding hydrogens is 170 g/mol. The Morgan fingerprint density at radius 3 is 1.89 bits per heavy atom. The van der Waals surface area contributed by atoms with E-state index in [0.717, 1.165) is 0 Å². The fraction of sp³-hybridized carbons (Fsp3) is 0.200. The van der Waals surface area contributed by atoms with Crippen LogP contribution in [0.3, 0.4) is 0 Å². The van der Waals surface area contributed by atoms with E-state index in [-0.39, 0.29) is 59.1 Å². The third-order valence-electron chi connectivity index (χ3n) is 0.384. The van der Waals surface area contributed by atoms with Crippen LogP contribution in [0, 0.1) is 0 Å². The van der Waals surface area contributed by atoms with Crippen LogP contribution in [0.1, 0.15) is 0 Å². The smallest absolute Gasteiger partial charge is 0.0229 e. The Bertz CT molecular complexity index is 60.0. The van der Waals surface area contributed by atoms with Crippen LogP contribution in [0.25, 0.3) is 0 Å². The molecule has 0 aliphatic carbocycles. The molecule has 0 bridgehead atoms. The maximum absolute atomic E-state index is 3.00. The van der Waals surface area contributed by atoms with E-state index in [2.05, 4.69) is 24.6 Å². The maximum Gasteiger partial charge on any atom is 0.0229 e. The molecule has 1 aliphatic heterocycles. The molecule has 9 heavy (non-hydrogen) atoms. The van der Waals surface area contributed by atoms with Gasteiger partial charge < -0.3 is 0 Å². The van der Waals surface area contributed by atoms with Gasteiger partial charge in [0.2, 0.25) is 0 Å². The van der Waals surface area contributed by atoms with Gasteiger partial charge in [0.15, 0.2) is 0 Å². The Balaban J connectivity index is -0.0000000836. The van der Waals surface area contributed by atoms with E-state index in [0.29, 0.717) is 0 Å². The summed E-state index contributed by atoms with van der Waals surface area (Å²) >= 11 is 0. The van der Waals surface area contributed by atoms with Gasteiger partial charge in [0.1, 0.15) is 0 Å². The zero-order valence-corrected chi connectivity index (χ0v) is 11.7. The van der Waals surface area contributed by atoms with Gasteiger partial charge in [-0.3, -0.25) is 0 Å². The van der Waals surface area contributed by atoms with E-state index >= 15 is 0 Å². The van der Waals surface area contributed by atoms with Crippen molar-refractivity contribution in [2.45, 2.75) is 0 Å². The van der Waals surface area contributed by atoms with E-state index < -0.39 is 0 Å². The Morgan fingerprint density at radius 2 is 1.78 bits per heavy atom. The van der Waals surface area contributed by atoms with Crippen molar-refractivity contribution in [3.8, 4) is 0 Å². The molecule has 0 nitrogen and oxygen atoms in total. The van der Waals surface area contributed by atoms with Gasteiger partial charge in [0.25, 0.3) is 0 Å². The molecule has 0 saturated carbocycles. The first kappa shape index (κ1) is 17.3. The van der Waals surface area contributed by atoms with Crippen molar-refractivity contribution in [3.05, 3.63) is 24.6 Å². The van der Waals surface area contributed by atoms with E-state index in [1.165, 1.54) is 5.75 Å². The predicted octanol–water partition coefficient (Wildman–Crippen LogP) is 1.94. The van der Waals surface area contributed by atoms with Crippen LogP contribution >= 0.6 is 21.6 Å². The van der Waals surface area contributed by atoms with Crippen LogP contribution in [0.15, 0.2) is 24.6 Å². The Morgan fingerprint density at radius 1 is 1.22 bits per heavy atom. The number of hydrogen-bond donors (Lipinski definition) is 0. The standard InChI is InChI=1S/C3H4S2.C2H4.2Na/c1-2-4-5-3-1;1-2;;/h1-2H,3H2;1-2H2;;. The number of rotatable bonds is 0. The van der Waals surface area contributed by atoms with Crippen molar-refractivity contribution in [2.24, 2.45) is 0 Å². The largest absolute Gasteiger partial charge is 0.106 e. The molecule has 0 aromatic rings. The SMILES string of the molecule is C1=CSSC1.C=C.[Na].[Na]. The van der Waals surface area contributed by atoms with Gasteiger partial charge in [0, 0.05) is 64.9 Å². The van der Waals surface area contributed by atoms with Crippen LogP contribution in [0.4, 0.5) is 0 Å². The second kappa shape index (κ2) is 16.6. The molecule has 0 N–H and O–H groups in total. The first-order valence-electron chi connectivity index (χ1n) is 1.93. The summed E-state index contributed by atoms with van der Waals surface area (Å²) in [5.41, 5.74) is 0. The second-order valence-electron chi connectivity index (χ2n) is 0.753. The third kappa shape index (κ3) is 13.2. The summed E-state index contributed by atoms with van der Waals surface area (Å²) in [6.07, 6.45) is 2.16. The molecule has 0 saturated heterocycles. The fourth-order valence-corrected chi connectivity index (χ4v) is 1.77. The first-order chi connectivity index (χ1) is 3.50. The molecule has 4 heteroatoms. The molecule has 0 aromatic heterocycles. The summed E-state index contributed by atoms with van der Waals surface area (Å²) in [6.45, 7) is 6.00. The normalized spacial score (nSPS) is 12.0. The van der Waals surface area contributed by atoms with Crippen LogP contribution in [-0.2, 0) is 0 Å². The molecular formula is C5H8Na2S2. The van der Waals surface area contributed by atoms with Crippen LogP contribution in [0.2, 0.25) is 0 Å². The van der Waals surface area contributed by atoms with Gasteiger partial charge in [-0.25, -0.2) is 0 Å². The summed E-state index contributed by atoms with van der Waals surface area (Å²) in [5, 5.41) is 2.12. The molecule has 0 amide bonds. The summed E-state index contributed by atoms with van der Waals surface area (Å²) in [6, 6.07) is 0. The minimum atomic E-state index is 0. The van der Waals surface area contributed by atoms with Crippen molar-refractivity contribution in [3.63, 3.8) is 0 Å². The molecule has 1 rings (SSSR count). The molecule has 2 radical (unpaired) electrons. The molecule has 0 unspecified atom stereocenters. The average Bonchev–Trinajstić information content (AvgIpc) is 2.23. The van der Waals surface area contributed by atoms with Crippen molar-refractivity contribution in [2.75, 3.05) is 5.75 Å². The summed E-state index contributed by atoms with van der Waals surface area (Å²) in [7, 11) is 3.69. The molecule has 42 valence electrons. The van der Waals surface area contributed by atoms with Crippen LogP contribution in [-0.4, -0.2) is 64.9 Å². The number of hydrogen-bond acceptors (Lipinski definition) is 2. The van der Waals surface area contributed by atoms with Crippen molar-refractivity contribution >= 4 is 80.7 Å². The van der Waals surface area contributed by atoms with E-state index in [4.69, 9.17) is 0 Å². The first-order valence-corrected chi connectivity index (χ1v) is 4.31. The van der Waals surface area contributed by atoms with Gasteiger partial charge in [-0.1, -0.05) is 27.7 Å².